The van der Waals surface area contributed by atoms with Crippen molar-refractivity contribution in [2.75, 3.05) is 7.05 Å². The molecule has 4 rings (SSSR count). The fourth-order valence-corrected chi connectivity index (χ4v) is 3.13. The number of carbonyl (C=O) groups excluding carboxylic acids is 1. The summed E-state index contributed by atoms with van der Waals surface area (Å²) in [7, 11) is 1.76. The van der Waals surface area contributed by atoms with Crippen LogP contribution in [0.1, 0.15) is 27.5 Å². The molecule has 1 amide bonds. The molecule has 2 aromatic heterocycles. The molecule has 4 aromatic rings. The average Bonchev–Trinajstić information content (AvgIpc) is 3.22. The molecule has 0 fully saturated rings. The van der Waals surface area contributed by atoms with Gasteiger partial charge >= 0.3 is 0 Å². The average molecular weight is 387 g/mol. The second kappa shape index (κ2) is 8.14. The molecule has 0 N–H and O–H groups in total. The van der Waals surface area contributed by atoms with Crippen molar-refractivity contribution in [3.8, 4) is 5.75 Å². The molecule has 0 saturated heterocycles. The van der Waals surface area contributed by atoms with Crippen molar-refractivity contribution < 1.29 is 14.1 Å². The van der Waals surface area contributed by atoms with Crippen molar-refractivity contribution >= 4 is 16.7 Å². The molecule has 0 radical (unpaired) electrons. The SMILES string of the molecule is Cc1ccc(OCc2cc(C(=O)N(C)Cc3cccc4ccccc34)no2)cn1. The maximum Gasteiger partial charge on any atom is 0.276 e. The molecule has 0 unspecified atom stereocenters. The molecule has 6 nitrogen and oxygen atoms in total. The van der Waals surface area contributed by atoms with Gasteiger partial charge in [0.1, 0.15) is 12.4 Å². The Morgan fingerprint density at radius 2 is 1.93 bits per heavy atom. The van der Waals surface area contributed by atoms with Gasteiger partial charge in [-0.05, 0) is 35.4 Å². The molecule has 2 aromatic carbocycles. The van der Waals surface area contributed by atoms with E-state index in [1.807, 2.05) is 43.3 Å². The van der Waals surface area contributed by atoms with Crippen LogP contribution in [-0.2, 0) is 13.2 Å². The Kier molecular flexibility index (Phi) is 5.24. The highest BCUT2D eigenvalue weighted by Gasteiger charge is 2.18. The number of amides is 1. The van der Waals surface area contributed by atoms with Gasteiger partial charge in [0.15, 0.2) is 11.5 Å². The number of pyridine rings is 1. The van der Waals surface area contributed by atoms with E-state index in [0.29, 0.717) is 18.1 Å². The molecular formula is C23H21N3O3. The van der Waals surface area contributed by atoms with E-state index in [-0.39, 0.29) is 18.2 Å². The van der Waals surface area contributed by atoms with Gasteiger partial charge in [0.05, 0.1) is 6.20 Å². The zero-order valence-electron chi connectivity index (χ0n) is 16.3. The minimum Gasteiger partial charge on any atom is -0.484 e. The van der Waals surface area contributed by atoms with Crippen LogP contribution in [0.15, 0.2) is 71.4 Å². The number of aryl methyl sites for hydroxylation is 1. The maximum absolute atomic E-state index is 12.8. The largest absolute Gasteiger partial charge is 0.484 e. The van der Waals surface area contributed by atoms with Crippen molar-refractivity contribution in [3.63, 3.8) is 0 Å². The van der Waals surface area contributed by atoms with Crippen LogP contribution in [0.2, 0.25) is 0 Å². The van der Waals surface area contributed by atoms with Gasteiger partial charge in [-0.25, -0.2) is 0 Å². The number of fused-ring (bicyclic) bond motifs is 1. The standard InChI is InChI=1S/C23H21N3O3/c1-16-10-11-19(13-24-16)28-15-20-12-22(25-29-20)23(27)26(2)14-18-8-5-7-17-6-3-4-9-21(17)18/h3-13H,14-15H2,1-2H3. The van der Waals surface area contributed by atoms with Crippen LogP contribution in [0.4, 0.5) is 0 Å². The van der Waals surface area contributed by atoms with E-state index in [1.165, 1.54) is 0 Å². The van der Waals surface area contributed by atoms with E-state index in [1.54, 1.807) is 24.2 Å². The van der Waals surface area contributed by atoms with E-state index in [9.17, 15) is 4.79 Å². The van der Waals surface area contributed by atoms with E-state index in [2.05, 4.69) is 28.3 Å². The summed E-state index contributed by atoms with van der Waals surface area (Å²) in [5, 5.41) is 6.19. The van der Waals surface area contributed by atoms with Crippen LogP contribution < -0.4 is 4.74 Å². The summed E-state index contributed by atoms with van der Waals surface area (Å²) in [5.74, 6) is 0.908. The normalized spacial score (nSPS) is 10.8. The Labute approximate surface area is 168 Å². The molecule has 2 heterocycles. The van der Waals surface area contributed by atoms with Gasteiger partial charge in [-0.2, -0.15) is 0 Å². The second-order valence-electron chi connectivity index (χ2n) is 6.90. The monoisotopic (exact) mass is 387 g/mol. The molecule has 0 spiro atoms. The van der Waals surface area contributed by atoms with Gasteiger partial charge in [0, 0.05) is 25.4 Å². The minimum atomic E-state index is -0.204. The zero-order chi connectivity index (χ0) is 20.2. The highest BCUT2D eigenvalue weighted by molar-refractivity contribution is 5.92. The third-order valence-electron chi connectivity index (χ3n) is 4.68. The lowest BCUT2D eigenvalue weighted by Gasteiger charge is -2.17. The summed E-state index contributed by atoms with van der Waals surface area (Å²) in [6, 6.07) is 19.6. The first-order valence-corrected chi connectivity index (χ1v) is 9.33. The first-order valence-electron chi connectivity index (χ1n) is 9.33. The number of carbonyl (C=O) groups is 1. The van der Waals surface area contributed by atoms with Crippen molar-refractivity contribution in [2.24, 2.45) is 0 Å². The first kappa shape index (κ1) is 18.7. The Morgan fingerprint density at radius 3 is 2.76 bits per heavy atom. The number of rotatable bonds is 6. The van der Waals surface area contributed by atoms with Crippen LogP contribution in [-0.4, -0.2) is 28.0 Å². The lowest BCUT2D eigenvalue weighted by Crippen LogP contribution is -2.26. The molecular weight excluding hydrogens is 366 g/mol. The Balaban J connectivity index is 1.42. The summed E-state index contributed by atoms with van der Waals surface area (Å²) in [4.78, 5) is 18.6. The molecule has 0 saturated carbocycles. The smallest absolute Gasteiger partial charge is 0.276 e. The minimum absolute atomic E-state index is 0.179. The quantitative estimate of drug-likeness (QED) is 0.491. The van der Waals surface area contributed by atoms with Crippen LogP contribution >= 0.6 is 0 Å². The lowest BCUT2D eigenvalue weighted by molar-refractivity contribution is 0.0775. The summed E-state index contributed by atoms with van der Waals surface area (Å²) < 4.78 is 10.9. The van der Waals surface area contributed by atoms with Crippen molar-refractivity contribution in [1.82, 2.24) is 15.0 Å². The van der Waals surface area contributed by atoms with Gasteiger partial charge in [0.25, 0.3) is 5.91 Å². The van der Waals surface area contributed by atoms with E-state index in [4.69, 9.17) is 9.26 Å². The Morgan fingerprint density at radius 1 is 1.10 bits per heavy atom. The summed E-state index contributed by atoms with van der Waals surface area (Å²) in [6.07, 6.45) is 1.65. The van der Waals surface area contributed by atoms with Crippen LogP contribution in [0.3, 0.4) is 0 Å². The number of nitrogens with zero attached hydrogens (tertiary/aromatic N) is 3. The molecule has 0 aliphatic rings. The fraction of sp³-hybridized carbons (Fsp3) is 0.174. The molecule has 0 bridgehead atoms. The second-order valence-corrected chi connectivity index (χ2v) is 6.90. The van der Waals surface area contributed by atoms with Gasteiger partial charge in [0.2, 0.25) is 0 Å². The first-order chi connectivity index (χ1) is 14.1. The molecule has 0 aliphatic heterocycles. The van der Waals surface area contributed by atoms with Crippen LogP contribution in [0, 0.1) is 6.92 Å². The van der Waals surface area contributed by atoms with Crippen molar-refractivity contribution in [3.05, 3.63) is 89.6 Å². The summed E-state index contributed by atoms with van der Waals surface area (Å²) in [5.41, 5.74) is 2.25. The van der Waals surface area contributed by atoms with Gasteiger partial charge in [-0.15, -0.1) is 0 Å². The number of benzene rings is 2. The third-order valence-corrected chi connectivity index (χ3v) is 4.68. The molecule has 6 heteroatoms. The zero-order valence-corrected chi connectivity index (χ0v) is 16.3. The predicted molar refractivity (Wildman–Crippen MR) is 110 cm³/mol. The topological polar surface area (TPSA) is 68.5 Å². The van der Waals surface area contributed by atoms with Crippen molar-refractivity contribution in [2.45, 2.75) is 20.1 Å². The van der Waals surface area contributed by atoms with Gasteiger partial charge < -0.3 is 14.2 Å². The summed E-state index contributed by atoms with van der Waals surface area (Å²) in [6.45, 7) is 2.57. The Bertz CT molecular complexity index is 1130. The van der Waals surface area contributed by atoms with E-state index >= 15 is 0 Å². The summed E-state index contributed by atoms with van der Waals surface area (Å²) >= 11 is 0. The molecule has 0 aliphatic carbocycles. The third kappa shape index (κ3) is 4.27. The number of aromatic nitrogens is 2. The predicted octanol–water partition coefficient (Wildman–Crippen LogP) is 4.38. The fourth-order valence-electron chi connectivity index (χ4n) is 3.13. The molecule has 0 atom stereocenters. The number of hydrogen-bond acceptors (Lipinski definition) is 5. The molecule has 146 valence electrons. The van der Waals surface area contributed by atoms with Gasteiger partial charge in [-0.3, -0.25) is 9.78 Å². The Hall–Kier alpha value is -3.67. The highest BCUT2D eigenvalue weighted by atomic mass is 16.5. The lowest BCUT2D eigenvalue weighted by atomic mass is 10.0. The number of hydrogen-bond donors (Lipinski definition) is 0. The van der Waals surface area contributed by atoms with E-state index in [0.717, 1.165) is 22.0 Å². The maximum atomic E-state index is 12.8. The number of ether oxygens (including phenoxy) is 1. The van der Waals surface area contributed by atoms with Gasteiger partial charge in [-0.1, -0.05) is 47.6 Å². The van der Waals surface area contributed by atoms with Crippen LogP contribution in [0.5, 0.6) is 5.75 Å². The molecule has 29 heavy (non-hydrogen) atoms. The van der Waals surface area contributed by atoms with Crippen LogP contribution in [0.25, 0.3) is 10.8 Å². The van der Waals surface area contributed by atoms with E-state index < -0.39 is 0 Å². The van der Waals surface area contributed by atoms with Crippen molar-refractivity contribution in [1.29, 1.82) is 0 Å². The highest BCUT2D eigenvalue weighted by Crippen LogP contribution is 2.20.